The van der Waals surface area contributed by atoms with Gasteiger partial charge in [-0.25, -0.2) is 0 Å². The molecule has 3 rings (SSSR count). The molecule has 0 spiro atoms. The van der Waals surface area contributed by atoms with E-state index in [0.29, 0.717) is 0 Å². The molecule has 1 heterocycles. The van der Waals surface area contributed by atoms with Gasteiger partial charge in [0.15, 0.2) is 0 Å². The molecule has 1 N–H and O–H groups in total. The van der Waals surface area contributed by atoms with Crippen molar-refractivity contribution in [1.82, 2.24) is 4.98 Å². The Balaban J connectivity index is 2.00. The van der Waals surface area contributed by atoms with Gasteiger partial charge >= 0.3 is 6.18 Å². The zero-order valence-electron chi connectivity index (χ0n) is 13.3. The van der Waals surface area contributed by atoms with Crippen molar-refractivity contribution in [3.8, 4) is 11.3 Å². The first-order valence-corrected chi connectivity index (χ1v) is 7.45. The highest BCUT2D eigenvalue weighted by Crippen LogP contribution is 2.32. The third-order valence-corrected chi connectivity index (χ3v) is 4.01. The van der Waals surface area contributed by atoms with Crippen molar-refractivity contribution in [2.45, 2.75) is 32.4 Å². The number of hydrogen-bond donors (Lipinski definition) is 1. The Labute approximate surface area is 133 Å². The van der Waals surface area contributed by atoms with Crippen LogP contribution < -0.4 is 0 Å². The Hall–Kier alpha value is -2.23. The molecular weight excluding hydrogens is 299 g/mol. The molecule has 0 saturated carbocycles. The summed E-state index contributed by atoms with van der Waals surface area (Å²) in [6.45, 7) is 6.45. The number of hydrogen-bond acceptors (Lipinski definition) is 0. The van der Waals surface area contributed by atoms with Gasteiger partial charge in [0.2, 0.25) is 0 Å². The molecule has 0 saturated heterocycles. The van der Waals surface area contributed by atoms with E-state index in [4.69, 9.17) is 0 Å². The fourth-order valence-corrected chi connectivity index (χ4v) is 2.59. The predicted octanol–water partition coefficient (Wildman–Crippen LogP) is 6.15. The van der Waals surface area contributed by atoms with Crippen LogP contribution in [0.15, 0.2) is 48.5 Å². The van der Waals surface area contributed by atoms with Gasteiger partial charge in [-0.2, -0.15) is 13.2 Å². The minimum Gasteiger partial charge on any atom is -0.355 e. The van der Waals surface area contributed by atoms with Crippen LogP contribution in [0.25, 0.3) is 22.2 Å². The number of benzene rings is 2. The number of aromatic nitrogens is 1. The van der Waals surface area contributed by atoms with Gasteiger partial charge in [0, 0.05) is 16.6 Å². The van der Waals surface area contributed by atoms with Crippen LogP contribution in [0, 0.1) is 0 Å². The monoisotopic (exact) mass is 317 g/mol. The van der Waals surface area contributed by atoms with E-state index in [0.717, 1.165) is 34.3 Å². The molecule has 0 radical (unpaired) electrons. The predicted molar refractivity (Wildman–Crippen MR) is 87.4 cm³/mol. The molecule has 4 heteroatoms. The van der Waals surface area contributed by atoms with E-state index in [1.807, 2.05) is 12.1 Å². The molecule has 0 aliphatic rings. The maximum atomic E-state index is 12.6. The summed E-state index contributed by atoms with van der Waals surface area (Å²) >= 11 is 0. The van der Waals surface area contributed by atoms with Gasteiger partial charge in [0.1, 0.15) is 0 Å². The van der Waals surface area contributed by atoms with Crippen LogP contribution in [0.4, 0.5) is 13.2 Å². The van der Waals surface area contributed by atoms with Crippen molar-refractivity contribution in [3.05, 3.63) is 59.7 Å². The maximum Gasteiger partial charge on any atom is 0.416 e. The lowest BCUT2D eigenvalue weighted by Crippen LogP contribution is -2.10. The first-order chi connectivity index (χ1) is 10.6. The first-order valence-electron chi connectivity index (χ1n) is 7.45. The van der Waals surface area contributed by atoms with Gasteiger partial charge in [-0.3, -0.25) is 0 Å². The fraction of sp³-hybridized carbons (Fsp3) is 0.263. The Morgan fingerprint density at radius 3 is 1.96 bits per heavy atom. The molecule has 0 amide bonds. The average Bonchev–Trinajstić information content (AvgIpc) is 2.88. The largest absolute Gasteiger partial charge is 0.416 e. The second kappa shape index (κ2) is 5.15. The SMILES string of the molecule is CC(C)(C)c1ccc2[nH]c(-c3ccc(C(F)(F)F)cc3)cc2c1. The minimum atomic E-state index is -4.30. The van der Waals surface area contributed by atoms with Crippen LogP contribution in [-0.4, -0.2) is 4.98 Å². The van der Waals surface area contributed by atoms with Gasteiger partial charge in [0.05, 0.1) is 5.56 Å². The molecular formula is C19H18F3N. The van der Waals surface area contributed by atoms with E-state index < -0.39 is 11.7 Å². The summed E-state index contributed by atoms with van der Waals surface area (Å²) in [7, 11) is 0. The molecule has 3 aromatic rings. The quantitative estimate of drug-likeness (QED) is 0.554. The molecule has 0 atom stereocenters. The van der Waals surface area contributed by atoms with Gasteiger partial charge in [-0.05, 0) is 46.9 Å². The summed E-state index contributed by atoms with van der Waals surface area (Å²) < 4.78 is 37.9. The Morgan fingerprint density at radius 1 is 0.783 bits per heavy atom. The van der Waals surface area contributed by atoms with Crippen LogP contribution in [-0.2, 0) is 11.6 Å². The Bertz CT molecular complexity index is 834. The van der Waals surface area contributed by atoms with Crippen LogP contribution in [0.5, 0.6) is 0 Å². The van der Waals surface area contributed by atoms with Crippen molar-refractivity contribution in [2.24, 2.45) is 0 Å². The molecule has 0 aliphatic carbocycles. The van der Waals surface area contributed by atoms with Crippen molar-refractivity contribution in [2.75, 3.05) is 0 Å². The minimum absolute atomic E-state index is 0.0555. The molecule has 0 aliphatic heterocycles. The molecule has 1 nitrogen and oxygen atoms in total. The molecule has 23 heavy (non-hydrogen) atoms. The normalized spacial score (nSPS) is 12.8. The van der Waals surface area contributed by atoms with Crippen molar-refractivity contribution in [3.63, 3.8) is 0 Å². The zero-order valence-corrected chi connectivity index (χ0v) is 13.3. The summed E-state index contributed by atoms with van der Waals surface area (Å²) in [4.78, 5) is 3.27. The second-order valence-electron chi connectivity index (χ2n) is 6.81. The number of aromatic amines is 1. The van der Waals surface area contributed by atoms with Crippen LogP contribution in [0.2, 0.25) is 0 Å². The number of alkyl halides is 3. The summed E-state index contributed by atoms with van der Waals surface area (Å²) in [5, 5.41) is 1.06. The summed E-state index contributed by atoms with van der Waals surface area (Å²) in [5.74, 6) is 0. The zero-order chi connectivity index (χ0) is 16.8. The number of nitrogens with one attached hydrogen (secondary N) is 1. The molecule has 120 valence electrons. The second-order valence-corrected chi connectivity index (χ2v) is 6.81. The average molecular weight is 317 g/mol. The van der Waals surface area contributed by atoms with E-state index in [2.05, 4.69) is 37.9 Å². The third-order valence-electron chi connectivity index (χ3n) is 4.01. The molecule has 0 fully saturated rings. The number of H-pyrrole nitrogens is 1. The smallest absolute Gasteiger partial charge is 0.355 e. The first kappa shape index (κ1) is 15.7. The van der Waals surface area contributed by atoms with Gasteiger partial charge in [0.25, 0.3) is 0 Å². The number of halogens is 3. The molecule has 1 aromatic heterocycles. The van der Waals surface area contributed by atoms with E-state index in [-0.39, 0.29) is 5.41 Å². The molecule has 0 bridgehead atoms. The third kappa shape index (κ3) is 3.11. The van der Waals surface area contributed by atoms with Gasteiger partial charge < -0.3 is 4.98 Å². The fourth-order valence-electron chi connectivity index (χ4n) is 2.59. The Kier molecular flexibility index (Phi) is 3.51. The van der Waals surface area contributed by atoms with Crippen molar-refractivity contribution < 1.29 is 13.2 Å². The lowest BCUT2D eigenvalue weighted by Gasteiger charge is -2.18. The number of rotatable bonds is 1. The van der Waals surface area contributed by atoms with E-state index in [1.54, 1.807) is 0 Å². The Morgan fingerprint density at radius 2 is 1.39 bits per heavy atom. The van der Waals surface area contributed by atoms with Crippen LogP contribution in [0.1, 0.15) is 31.9 Å². The van der Waals surface area contributed by atoms with Gasteiger partial charge in [-0.1, -0.05) is 39.0 Å². The lowest BCUT2D eigenvalue weighted by molar-refractivity contribution is -0.137. The summed E-state index contributed by atoms with van der Waals surface area (Å²) in [6.07, 6.45) is -4.30. The van der Waals surface area contributed by atoms with Crippen molar-refractivity contribution in [1.29, 1.82) is 0 Å². The van der Waals surface area contributed by atoms with Gasteiger partial charge in [-0.15, -0.1) is 0 Å². The van der Waals surface area contributed by atoms with Crippen LogP contribution in [0.3, 0.4) is 0 Å². The van der Waals surface area contributed by atoms with E-state index >= 15 is 0 Å². The maximum absolute atomic E-state index is 12.6. The standard InChI is InChI=1S/C19H18F3N/c1-18(2,3)15-8-9-16-13(10-15)11-17(23-16)12-4-6-14(7-5-12)19(20,21)22/h4-11,23H,1-3H3. The number of fused-ring (bicyclic) bond motifs is 1. The highest BCUT2D eigenvalue weighted by atomic mass is 19.4. The highest BCUT2D eigenvalue weighted by molar-refractivity contribution is 5.86. The lowest BCUT2D eigenvalue weighted by atomic mass is 9.86. The van der Waals surface area contributed by atoms with Crippen LogP contribution >= 0.6 is 0 Å². The van der Waals surface area contributed by atoms with E-state index in [1.165, 1.54) is 17.7 Å². The summed E-state index contributed by atoms with van der Waals surface area (Å²) in [6, 6.07) is 13.4. The highest BCUT2D eigenvalue weighted by Gasteiger charge is 2.30. The topological polar surface area (TPSA) is 15.8 Å². The molecule has 2 aromatic carbocycles. The van der Waals surface area contributed by atoms with Crippen molar-refractivity contribution >= 4 is 10.9 Å². The molecule has 0 unspecified atom stereocenters. The summed E-state index contributed by atoms with van der Waals surface area (Å²) in [5.41, 5.74) is 3.19. The van der Waals surface area contributed by atoms with E-state index in [9.17, 15) is 13.2 Å².